The van der Waals surface area contributed by atoms with E-state index < -0.39 is 0 Å². The number of fused-ring (bicyclic) bond motifs is 1. The average molecular weight is 374 g/mol. The van der Waals surface area contributed by atoms with Gasteiger partial charge >= 0.3 is 0 Å². The smallest absolute Gasteiger partial charge is 0.297 e. The summed E-state index contributed by atoms with van der Waals surface area (Å²) in [5.41, 5.74) is 1.38. The highest BCUT2D eigenvalue weighted by molar-refractivity contribution is 6.01. The van der Waals surface area contributed by atoms with Crippen molar-refractivity contribution >= 4 is 22.7 Å². The summed E-state index contributed by atoms with van der Waals surface area (Å²) in [4.78, 5) is 31.7. The van der Waals surface area contributed by atoms with Crippen LogP contribution in [0.2, 0.25) is 0 Å². The third-order valence-electron chi connectivity index (χ3n) is 4.80. The molecule has 0 unspecified atom stereocenters. The minimum atomic E-state index is -0.382. The maximum Gasteiger partial charge on any atom is 0.297 e. The number of hydrogen-bond acceptors (Lipinski definition) is 4. The van der Waals surface area contributed by atoms with Gasteiger partial charge in [-0.15, -0.1) is 0 Å². The Morgan fingerprint density at radius 1 is 1.00 bits per heavy atom. The fourth-order valence-corrected chi connectivity index (χ4v) is 3.25. The first-order valence-corrected chi connectivity index (χ1v) is 8.71. The molecule has 0 saturated carbocycles. The van der Waals surface area contributed by atoms with Gasteiger partial charge < -0.3 is 5.11 Å². The third-order valence-corrected chi connectivity index (χ3v) is 4.80. The molecule has 7 heteroatoms. The van der Waals surface area contributed by atoms with Crippen molar-refractivity contribution in [2.24, 2.45) is 12.0 Å². The van der Waals surface area contributed by atoms with Gasteiger partial charge in [-0.2, -0.15) is 0 Å². The molecule has 0 radical (unpaired) electrons. The van der Waals surface area contributed by atoms with Crippen molar-refractivity contribution in [1.82, 2.24) is 14.3 Å². The predicted molar refractivity (Wildman–Crippen MR) is 109 cm³/mol. The van der Waals surface area contributed by atoms with Crippen molar-refractivity contribution in [2.75, 3.05) is 0 Å². The number of aromatic amines is 1. The number of H-pyrrole nitrogens is 1. The van der Waals surface area contributed by atoms with Crippen molar-refractivity contribution in [2.45, 2.75) is 6.92 Å². The molecule has 2 N–H and O–H groups in total. The summed E-state index contributed by atoms with van der Waals surface area (Å²) in [5, 5.41) is 11.2. The number of hydrogen-bond donors (Lipinski definition) is 2. The number of nitrogens with zero attached hydrogens (tertiary/aromatic N) is 3. The van der Waals surface area contributed by atoms with E-state index in [1.54, 1.807) is 42.9 Å². The number of pyridine rings is 1. The SMILES string of the molecule is Cc1c(N=Cc2c(O)[nH]c(=O)c3ccccc23)c(=O)n(-c2ccccc2)n1C. The van der Waals surface area contributed by atoms with E-state index >= 15 is 0 Å². The topological polar surface area (TPSA) is 92.4 Å². The molecular weight excluding hydrogens is 356 g/mol. The Hall–Kier alpha value is -3.87. The number of nitrogens with one attached hydrogen (secondary N) is 1. The molecular formula is C21H18N4O3. The minimum Gasteiger partial charge on any atom is -0.494 e. The first kappa shape index (κ1) is 17.5. The van der Waals surface area contributed by atoms with Crippen molar-refractivity contribution in [1.29, 1.82) is 0 Å². The molecule has 140 valence electrons. The Kier molecular flexibility index (Phi) is 4.19. The van der Waals surface area contributed by atoms with Crippen LogP contribution >= 0.6 is 0 Å². The van der Waals surface area contributed by atoms with E-state index in [1.807, 2.05) is 30.3 Å². The molecule has 2 aromatic heterocycles. The van der Waals surface area contributed by atoms with Crippen LogP contribution in [0.5, 0.6) is 5.88 Å². The molecule has 0 aliphatic heterocycles. The highest BCUT2D eigenvalue weighted by atomic mass is 16.3. The van der Waals surface area contributed by atoms with Gasteiger partial charge in [-0.1, -0.05) is 36.4 Å². The first-order chi connectivity index (χ1) is 13.5. The van der Waals surface area contributed by atoms with Gasteiger partial charge in [0.2, 0.25) is 5.88 Å². The number of benzene rings is 2. The van der Waals surface area contributed by atoms with Crippen LogP contribution in [0.15, 0.2) is 69.2 Å². The Morgan fingerprint density at radius 3 is 2.36 bits per heavy atom. The molecule has 0 aliphatic carbocycles. The van der Waals surface area contributed by atoms with Gasteiger partial charge in [0, 0.05) is 24.0 Å². The molecule has 28 heavy (non-hydrogen) atoms. The summed E-state index contributed by atoms with van der Waals surface area (Å²) in [6.45, 7) is 1.80. The van der Waals surface area contributed by atoms with Crippen LogP contribution < -0.4 is 11.1 Å². The molecule has 0 amide bonds. The summed E-state index contributed by atoms with van der Waals surface area (Å²) in [6, 6.07) is 16.2. The molecule has 0 atom stereocenters. The summed E-state index contributed by atoms with van der Waals surface area (Å²) >= 11 is 0. The summed E-state index contributed by atoms with van der Waals surface area (Å²) in [7, 11) is 1.79. The van der Waals surface area contributed by atoms with Crippen LogP contribution in [-0.2, 0) is 7.05 Å². The van der Waals surface area contributed by atoms with E-state index in [-0.39, 0.29) is 22.7 Å². The van der Waals surface area contributed by atoms with E-state index in [0.29, 0.717) is 22.0 Å². The molecule has 2 heterocycles. The van der Waals surface area contributed by atoms with E-state index in [0.717, 1.165) is 5.69 Å². The molecule has 4 aromatic rings. The fourth-order valence-electron chi connectivity index (χ4n) is 3.25. The van der Waals surface area contributed by atoms with Gasteiger partial charge in [0.05, 0.1) is 16.9 Å². The lowest BCUT2D eigenvalue weighted by atomic mass is 10.1. The van der Waals surface area contributed by atoms with Gasteiger partial charge in [-0.05, 0) is 25.1 Å². The Bertz CT molecular complexity index is 1330. The maximum absolute atomic E-state index is 12.9. The lowest BCUT2D eigenvalue weighted by Crippen LogP contribution is -2.19. The van der Waals surface area contributed by atoms with E-state index in [9.17, 15) is 14.7 Å². The van der Waals surface area contributed by atoms with E-state index in [4.69, 9.17) is 0 Å². The lowest BCUT2D eigenvalue weighted by Gasteiger charge is -2.07. The summed E-state index contributed by atoms with van der Waals surface area (Å²) < 4.78 is 3.27. The standard InChI is InChI=1S/C21H18N4O3/c1-13-18(21(28)25(24(13)2)14-8-4-3-5-9-14)22-12-17-15-10-6-7-11-16(15)19(26)23-20(17)27/h3-12H,1-2H3,(H2,23,26,27). The van der Waals surface area contributed by atoms with Gasteiger partial charge in [0.1, 0.15) is 0 Å². The number of para-hydroxylation sites is 1. The molecule has 0 bridgehead atoms. The van der Waals surface area contributed by atoms with Crippen molar-refractivity contribution < 1.29 is 5.11 Å². The van der Waals surface area contributed by atoms with Crippen LogP contribution in [0.1, 0.15) is 11.3 Å². The highest BCUT2D eigenvalue weighted by Crippen LogP contribution is 2.22. The van der Waals surface area contributed by atoms with E-state index in [2.05, 4.69) is 9.98 Å². The second-order valence-electron chi connectivity index (χ2n) is 6.43. The van der Waals surface area contributed by atoms with Gasteiger partial charge in [-0.3, -0.25) is 19.3 Å². The number of aromatic nitrogens is 3. The second-order valence-corrected chi connectivity index (χ2v) is 6.43. The van der Waals surface area contributed by atoms with Gasteiger partial charge in [0.25, 0.3) is 11.1 Å². The summed E-state index contributed by atoms with van der Waals surface area (Å²) in [6.07, 6.45) is 1.41. The Balaban J connectivity index is 1.88. The zero-order valence-corrected chi connectivity index (χ0v) is 15.4. The van der Waals surface area contributed by atoms with Gasteiger partial charge in [-0.25, -0.2) is 9.67 Å². The van der Waals surface area contributed by atoms with Crippen LogP contribution in [0.4, 0.5) is 5.69 Å². The molecule has 2 aromatic carbocycles. The largest absolute Gasteiger partial charge is 0.494 e. The molecule has 0 fully saturated rings. The molecule has 0 aliphatic rings. The fraction of sp³-hybridized carbons (Fsp3) is 0.0952. The molecule has 0 spiro atoms. The number of aromatic hydroxyl groups is 1. The van der Waals surface area contributed by atoms with Crippen molar-refractivity contribution in [3.63, 3.8) is 0 Å². The van der Waals surface area contributed by atoms with Crippen LogP contribution in [-0.4, -0.2) is 25.7 Å². The summed E-state index contributed by atoms with van der Waals surface area (Å²) in [5.74, 6) is -0.288. The second kappa shape index (κ2) is 6.70. The first-order valence-electron chi connectivity index (χ1n) is 8.71. The third kappa shape index (κ3) is 2.73. The minimum absolute atomic E-state index is 0.265. The lowest BCUT2D eigenvalue weighted by molar-refractivity contribution is 0.452. The van der Waals surface area contributed by atoms with Crippen LogP contribution in [0, 0.1) is 6.92 Å². The van der Waals surface area contributed by atoms with Crippen molar-refractivity contribution in [3.8, 4) is 11.6 Å². The zero-order valence-electron chi connectivity index (χ0n) is 15.4. The van der Waals surface area contributed by atoms with Crippen molar-refractivity contribution in [3.05, 3.63) is 86.6 Å². The molecule has 7 nitrogen and oxygen atoms in total. The Labute approximate surface area is 159 Å². The van der Waals surface area contributed by atoms with E-state index in [1.165, 1.54) is 10.9 Å². The maximum atomic E-state index is 12.9. The number of rotatable bonds is 3. The highest BCUT2D eigenvalue weighted by Gasteiger charge is 2.16. The van der Waals surface area contributed by atoms with Gasteiger partial charge in [0.15, 0.2) is 5.69 Å². The quantitative estimate of drug-likeness (QED) is 0.540. The zero-order chi connectivity index (χ0) is 19.8. The molecule has 0 saturated heterocycles. The number of aliphatic imine (C=N–C) groups is 1. The normalized spacial score (nSPS) is 11.5. The average Bonchev–Trinajstić information content (AvgIpc) is 2.91. The predicted octanol–water partition coefficient (Wildman–Crippen LogP) is 2.78. The molecule has 4 rings (SSSR count). The van der Waals surface area contributed by atoms with Crippen LogP contribution in [0.3, 0.4) is 0 Å². The monoisotopic (exact) mass is 374 g/mol. The van der Waals surface area contributed by atoms with Crippen LogP contribution in [0.25, 0.3) is 16.5 Å². The Morgan fingerprint density at radius 2 is 1.64 bits per heavy atom.